The van der Waals surface area contributed by atoms with E-state index in [0.29, 0.717) is 5.88 Å². The fourth-order valence-electron chi connectivity index (χ4n) is 5.10. The van der Waals surface area contributed by atoms with E-state index in [1.165, 1.54) is 0 Å². The molecule has 3 aromatic carbocycles. The number of carbonyl (C=O) groups excluding carboxylic acids is 2. The number of likely N-dealkylation sites (tertiary alicyclic amines) is 1. The Kier molecular flexibility index (Phi) is 5.85. The highest BCUT2D eigenvalue weighted by atomic mass is 32.2. The minimum absolute atomic E-state index is 0.0630. The Morgan fingerprint density at radius 3 is 1.75 bits per heavy atom. The van der Waals surface area contributed by atoms with Gasteiger partial charge in [0, 0.05) is 18.7 Å². The molecule has 2 aliphatic rings. The third-order valence-corrected chi connectivity index (χ3v) is 7.46. The predicted molar refractivity (Wildman–Crippen MR) is 128 cm³/mol. The number of Topliss-reactive ketones (excluding diaryl/α,β-unsaturated/α-hetero) is 1. The number of benzene rings is 3. The molecule has 2 fully saturated rings. The number of nitrogens with zero attached hydrogens (tertiary/aromatic N) is 2. The van der Waals surface area contributed by atoms with Gasteiger partial charge in [-0.1, -0.05) is 91.0 Å². The first-order chi connectivity index (χ1) is 15.7. The second-order valence-electron chi connectivity index (χ2n) is 8.33. The van der Waals surface area contributed by atoms with Crippen molar-refractivity contribution in [2.45, 2.75) is 18.0 Å². The van der Waals surface area contributed by atoms with Crippen LogP contribution in [0.4, 0.5) is 0 Å². The lowest BCUT2D eigenvalue weighted by Crippen LogP contribution is -2.55. The monoisotopic (exact) mass is 442 g/mol. The summed E-state index contributed by atoms with van der Waals surface area (Å²) in [5.74, 6) is 1.83. The van der Waals surface area contributed by atoms with E-state index in [-0.39, 0.29) is 24.7 Å². The van der Waals surface area contributed by atoms with Crippen molar-refractivity contribution in [1.82, 2.24) is 9.80 Å². The maximum absolute atomic E-state index is 13.7. The summed E-state index contributed by atoms with van der Waals surface area (Å²) < 4.78 is 0. The van der Waals surface area contributed by atoms with Crippen LogP contribution in [0, 0.1) is 0 Å². The van der Waals surface area contributed by atoms with Gasteiger partial charge in [0.15, 0.2) is 0 Å². The van der Waals surface area contributed by atoms with Gasteiger partial charge >= 0.3 is 0 Å². The van der Waals surface area contributed by atoms with E-state index in [9.17, 15) is 9.59 Å². The average molecular weight is 443 g/mol. The van der Waals surface area contributed by atoms with Crippen molar-refractivity contribution in [3.05, 3.63) is 108 Å². The van der Waals surface area contributed by atoms with Crippen molar-refractivity contribution in [2.75, 3.05) is 24.7 Å². The molecule has 1 unspecified atom stereocenters. The number of ketones is 1. The lowest BCUT2D eigenvalue weighted by atomic mass is 9.75. The van der Waals surface area contributed by atoms with Gasteiger partial charge < -0.3 is 4.90 Å². The Bertz CT molecular complexity index is 986. The van der Waals surface area contributed by atoms with Crippen LogP contribution in [0.3, 0.4) is 0 Å². The van der Waals surface area contributed by atoms with Crippen molar-refractivity contribution in [3.63, 3.8) is 0 Å². The molecule has 0 radical (unpaired) electrons. The van der Waals surface area contributed by atoms with E-state index in [0.717, 1.165) is 29.0 Å². The fourth-order valence-corrected chi connectivity index (χ4v) is 6.05. The number of hydrogen-bond donors (Lipinski definition) is 0. The molecule has 162 valence electrons. The first kappa shape index (κ1) is 21.0. The third-order valence-electron chi connectivity index (χ3n) is 6.50. The minimum atomic E-state index is -0.747. The second kappa shape index (κ2) is 8.93. The molecule has 2 saturated heterocycles. The van der Waals surface area contributed by atoms with Crippen molar-refractivity contribution < 1.29 is 9.59 Å². The molecule has 0 bridgehead atoms. The summed E-state index contributed by atoms with van der Waals surface area (Å²) in [6, 6.07) is 30.3. The lowest BCUT2D eigenvalue weighted by molar-refractivity contribution is -0.136. The first-order valence-corrected chi connectivity index (χ1v) is 12.2. The molecular weight excluding hydrogens is 416 g/mol. The number of carbonyl (C=O) groups is 2. The van der Waals surface area contributed by atoms with Gasteiger partial charge in [-0.15, -0.1) is 11.8 Å². The van der Waals surface area contributed by atoms with Crippen LogP contribution in [0.1, 0.15) is 23.1 Å². The maximum Gasteiger partial charge on any atom is 0.241 e. The Hall–Kier alpha value is -2.89. The normalized spacial score (nSPS) is 19.4. The Morgan fingerprint density at radius 1 is 0.812 bits per heavy atom. The summed E-state index contributed by atoms with van der Waals surface area (Å²) in [6.45, 7) is 0.993. The summed E-state index contributed by atoms with van der Waals surface area (Å²) >= 11 is 1.77. The van der Waals surface area contributed by atoms with E-state index in [4.69, 9.17) is 0 Å². The molecular formula is C27H26N2O2S. The Labute approximate surface area is 193 Å². The summed E-state index contributed by atoms with van der Waals surface area (Å²) in [7, 11) is 0. The molecule has 0 N–H and O–H groups in total. The van der Waals surface area contributed by atoms with Crippen molar-refractivity contribution in [2.24, 2.45) is 0 Å². The van der Waals surface area contributed by atoms with Crippen LogP contribution >= 0.6 is 11.8 Å². The van der Waals surface area contributed by atoms with E-state index < -0.39 is 11.6 Å². The first-order valence-electron chi connectivity index (χ1n) is 11.0. The topological polar surface area (TPSA) is 40.6 Å². The smallest absolute Gasteiger partial charge is 0.241 e. The van der Waals surface area contributed by atoms with Crippen LogP contribution in [0.25, 0.3) is 0 Å². The summed E-state index contributed by atoms with van der Waals surface area (Å²) in [5, 5.41) is 0. The van der Waals surface area contributed by atoms with E-state index >= 15 is 0 Å². The maximum atomic E-state index is 13.7. The summed E-state index contributed by atoms with van der Waals surface area (Å²) in [6.07, 6.45) is 0.258. The van der Waals surface area contributed by atoms with Crippen molar-refractivity contribution >= 4 is 23.5 Å². The second-order valence-corrected chi connectivity index (χ2v) is 9.41. The van der Waals surface area contributed by atoms with Crippen LogP contribution < -0.4 is 0 Å². The van der Waals surface area contributed by atoms with Crippen molar-refractivity contribution in [3.8, 4) is 0 Å². The highest BCUT2D eigenvalue weighted by Crippen LogP contribution is 2.45. The van der Waals surface area contributed by atoms with Gasteiger partial charge in [0.1, 0.15) is 5.78 Å². The molecule has 0 saturated carbocycles. The van der Waals surface area contributed by atoms with Crippen LogP contribution in [0.2, 0.25) is 0 Å². The number of thioether (sulfide) groups is 1. The quantitative estimate of drug-likeness (QED) is 0.557. The highest BCUT2D eigenvalue weighted by molar-refractivity contribution is 7.99. The number of rotatable bonds is 5. The molecule has 1 atom stereocenters. The molecule has 0 aromatic heterocycles. The van der Waals surface area contributed by atoms with Crippen LogP contribution in [-0.2, 0) is 15.1 Å². The van der Waals surface area contributed by atoms with Crippen LogP contribution in [0.5, 0.6) is 0 Å². The zero-order valence-corrected chi connectivity index (χ0v) is 18.7. The Balaban J connectivity index is 1.75. The molecule has 5 heteroatoms. The molecule has 0 spiro atoms. The van der Waals surface area contributed by atoms with Crippen molar-refractivity contribution in [1.29, 1.82) is 0 Å². The molecule has 0 aliphatic carbocycles. The van der Waals surface area contributed by atoms with Gasteiger partial charge in [0.25, 0.3) is 0 Å². The molecule has 4 nitrogen and oxygen atoms in total. The van der Waals surface area contributed by atoms with Gasteiger partial charge in [-0.3, -0.25) is 14.5 Å². The van der Waals surface area contributed by atoms with Gasteiger partial charge in [0.2, 0.25) is 5.91 Å². The standard InChI is InChI=1S/C27H26N2O2S/c30-24-18-25(26(31)28-16-17-32-20-28)29(19-24)27(21-10-4-1-5-11-21,22-12-6-2-7-13-22)23-14-8-3-9-15-23/h1-15,25H,16-20H2. The van der Waals surface area contributed by atoms with E-state index in [1.54, 1.807) is 11.8 Å². The van der Waals surface area contributed by atoms with Gasteiger partial charge in [-0.05, 0) is 16.7 Å². The average Bonchev–Trinajstić information content (AvgIpc) is 3.52. The highest BCUT2D eigenvalue weighted by Gasteiger charge is 2.51. The van der Waals surface area contributed by atoms with Gasteiger partial charge in [0.05, 0.1) is 24.0 Å². The summed E-state index contributed by atoms with van der Waals surface area (Å²) in [5.41, 5.74) is 2.42. The van der Waals surface area contributed by atoms with Gasteiger partial charge in [-0.2, -0.15) is 0 Å². The molecule has 5 rings (SSSR count). The Morgan fingerprint density at radius 2 is 1.31 bits per heavy atom. The van der Waals surface area contributed by atoms with E-state index in [2.05, 4.69) is 41.3 Å². The van der Waals surface area contributed by atoms with Crippen LogP contribution in [0.15, 0.2) is 91.0 Å². The largest absolute Gasteiger partial charge is 0.331 e. The number of hydrogen-bond acceptors (Lipinski definition) is 4. The molecule has 1 amide bonds. The number of amides is 1. The SMILES string of the molecule is O=C1CC(C(=O)N2CCSC2)N(C(c2ccccc2)(c2ccccc2)c2ccccc2)C1. The van der Waals surface area contributed by atoms with Gasteiger partial charge in [-0.25, -0.2) is 0 Å². The zero-order valence-electron chi connectivity index (χ0n) is 17.9. The molecule has 2 aliphatic heterocycles. The zero-order chi connectivity index (χ0) is 22.0. The lowest BCUT2D eigenvalue weighted by Gasteiger charge is -2.46. The fraction of sp³-hybridized carbons (Fsp3) is 0.259. The summed E-state index contributed by atoms with van der Waals surface area (Å²) in [4.78, 5) is 30.6. The molecule has 2 heterocycles. The minimum Gasteiger partial charge on any atom is -0.331 e. The predicted octanol–water partition coefficient (Wildman–Crippen LogP) is 4.15. The molecule has 32 heavy (non-hydrogen) atoms. The molecule has 3 aromatic rings. The van der Waals surface area contributed by atoms with E-state index in [1.807, 2.05) is 59.5 Å². The van der Waals surface area contributed by atoms with Crippen LogP contribution in [-0.4, -0.2) is 52.3 Å². The third kappa shape index (κ3) is 3.55.